The van der Waals surface area contributed by atoms with Crippen molar-refractivity contribution in [2.75, 3.05) is 11.9 Å². The lowest BCUT2D eigenvalue weighted by molar-refractivity contribution is -0.117. The van der Waals surface area contributed by atoms with E-state index in [1.807, 2.05) is 0 Å². The number of aromatic nitrogens is 1. The van der Waals surface area contributed by atoms with Crippen molar-refractivity contribution in [3.8, 4) is 0 Å². The van der Waals surface area contributed by atoms with Gasteiger partial charge in [0.1, 0.15) is 12.0 Å². The Labute approximate surface area is 95.4 Å². The smallest absolute Gasteiger partial charge is 0.224 e. The molecule has 3 N–H and O–H groups in total. The van der Waals surface area contributed by atoms with Gasteiger partial charge in [-0.3, -0.25) is 4.79 Å². The van der Waals surface area contributed by atoms with Crippen LogP contribution in [0.25, 0.3) is 0 Å². The molecule has 1 aromatic heterocycles. The minimum absolute atomic E-state index is 0.0423. The van der Waals surface area contributed by atoms with E-state index in [9.17, 15) is 4.79 Å². The van der Waals surface area contributed by atoms with E-state index in [0.717, 1.165) is 6.42 Å². The molecule has 0 aliphatic rings. The van der Waals surface area contributed by atoms with E-state index in [1.54, 1.807) is 0 Å². The molecule has 1 aromatic rings. The van der Waals surface area contributed by atoms with Crippen molar-refractivity contribution in [2.45, 2.75) is 26.7 Å². The molecule has 5 nitrogen and oxygen atoms in total. The van der Waals surface area contributed by atoms with Gasteiger partial charge in [-0.05, 0) is 24.8 Å². The first kappa shape index (κ1) is 12.7. The van der Waals surface area contributed by atoms with Gasteiger partial charge < -0.3 is 15.6 Å². The lowest BCUT2D eigenvalue weighted by Gasteiger charge is -2.16. The number of rotatable bonds is 6. The first-order chi connectivity index (χ1) is 7.61. The zero-order valence-corrected chi connectivity index (χ0v) is 9.77. The molecule has 0 saturated heterocycles. The van der Waals surface area contributed by atoms with E-state index >= 15 is 0 Å². The largest absolute Gasteiger partial charge is 0.363 e. The van der Waals surface area contributed by atoms with Crippen molar-refractivity contribution in [1.29, 1.82) is 0 Å². The third-order valence-corrected chi connectivity index (χ3v) is 2.33. The topological polar surface area (TPSA) is 81.2 Å². The minimum atomic E-state index is -0.0423. The monoisotopic (exact) mass is 225 g/mol. The Balaban J connectivity index is 2.37. The number of nitrogens with zero attached hydrogens (tertiary/aromatic N) is 1. The van der Waals surface area contributed by atoms with Crippen LogP contribution in [0.1, 0.15) is 26.7 Å². The number of nitrogens with two attached hydrogens (primary N) is 1. The van der Waals surface area contributed by atoms with Crippen molar-refractivity contribution in [1.82, 2.24) is 5.16 Å². The van der Waals surface area contributed by atoms with Gasteiger partial charge in [0.15, 0.2) is 0 Å². The predicted octanol–water partition coefficient (Wildman–Crippen LogP) is 1.62. The third-order valence-electron chi connectivity index (χ3n) is 2.33. The minimum Gasteiger partial charge on any atom is -0.363 e. The molecule has 0 unspecified atom stereocenters. The molecule has 16 heavy (non-hydrogen) atoms. The van der Waals surface area contributed by atoms with Crippen molar-refractivity contribution < 1.29 is 9.32 Å². The van der Waals surface area contributed by atoms with Gasteiger partial charge in [0, 0.05) is 6.42 Å². The summed E-state index contributed by atoms with van der Waals surface area (Å²) in [5.74, 6) is 0.746. The molecule has 0 bridgehead atoms. The van der Waals surface area contributed by atoms with Crippen molar-refractivity contribution >= 4 is 11.6 Å². The summed E-state index contributed by atoms with van der Waals surface area (Å²) in [6, 6.07) is 0. The third kappa shape index (κ3) is 4.44. The standard InChI is InChI=1S/C11H19N3O2/c1-8(2)3-9(5-12)4-11(15)14-10-6-13-16-7-10/h6-9H,3-5,12H2,1-2H3,(H,14,15)/t9-/m0/s1. The molecule has 5 heteroatoms. The molecule has 1 heterocycles. The Morgan fingerprint density at radius 2 is 2.38 bits per heavy atom. The maximum Gasteiger partial charge on any atom is 0.224 e. The second-order valence-corrected chi connectivity index (χ2v) is 4.40. The molecular weight excluding hydrogens is 206 g/mol. The highest BCUT2D eigenvalue weighted by Gasteiger charge is 2.14. The van der Waals surface area contributed by atoms with Crippen molar-refractivity contribution in [3.63, 3.8) is 0 Å². The van der Waals surface area contributed by atoms with Gasteiger partial charge in [-0.25, -0.2) is 0 Å². The predicted molar refractivity (Wildman–Crippen MR) is 61.7 cm³/mol. The molecule has 90 valence electrons. The summed E-state index contributed by atoms with van der Waals surface area (Å²) in [5.41, 5.74) is 6.22. The molecule has 1 rings (SSSR count). The quantitative estimate of drug-likeness (QED) is 0.770. The highest BCUT2D eigenvalue weighted by Crippen LogP contribution is 2.15. The van der Waals surface area contributed by atoms with Crippen LogP contribution in [0, 0.1) is 11.8 Å². The molecule has 0 aliphatic carbocycles. The number of carbonyl (C=O) groups excluding carboxylic acids is 1. The number of hydrogen-bond donors (Lipinski definition) is 2. The Morgan fingerprint density at radius 3 is 2.88 bits per heavy atom. The van der Waals surface area contributed by atoms with Crippen molar-refractivity contribution in [2.24, 2.45) is 17.6 Å². The van der Waals surface area contributed by atoms with E-state index in [-0.39, 0.29) is 11.8 Å². The van der Waals surface area contributed by atoms with Crippen molar-refractivity contribution in [3.05, 3.63) is 12.5 Å². The molecule has 1 amide bonds. The average molecular weight is 225 g/mol. The summed E-state index contributed by atoms with van der Waals surface area (Å²) in [6.45, 7) is 4.79. The van der Waals surface area contributed by atoms with Gasteiger partial charge in [0.25, 0.3) is 0 Å². The summed E-state index contributed by atoms with van der Waals surface area (Å²) in [6.07, 6.45) is 4.28. The van der Waals surface area contributed by atoms with Crippen LogP contribution >= 0.6 is 0 Å². The summed E-state index contributed by atoms with van der Waals surface area (Å²) in [7, 11) is 0. The van der Waals surface area contributed by atoms with Crippen LogP contribution in [-0.4, -0.2) is 17.6 Å². The maximum atomic E-state index is 11.6. The fraction of sp³-hybridized carbons (Fsp3) is 0.636. The van der Waals surface area contributed by atoms with E-state index in [1.165, 1.54) is 12.5 Å². The van der Waals surface area contributed by atoms with Crippen LogP contribution in [0.2, 0.25) is 0 Å². The number of nitrogens with one attached hydrogen (secondary N) is 1. The maximum absolute atomic E-state index is 11.6. The molecule has 0 fully saturated rings. The molecule has 0 aromatic carbocycles. The van der Waals surface area contributed by atoms with Crippen LogP contribution in [-0.2, 0) is 4.79 Å². The first-order valence-electron chi connectivity index (χ1n) is 5.51. The van der Waals surface area contributed by atoms with E-state index in [2.05, 4.69) is 28.8 Å². The number of amides is 1. The molecule has 0 aliphatic heterocycles. The van der Waals surface area contributed by atoms with Crippen LogP contribution in [0.5, 0.6) is 0 Å². The van der Waals surface area contributed by atoms with E-state index in [4.69, 9.17) is 5.73 Å². The van der Waals surface area contributed by atoms with Crippen LogP contribution in [0.15, 0.2) is 17.0 Å². The normalized spacial score (nSPS) is 12.8. The Hall–Kier alpha value is -1.36. The Bertz CT molecular complexity index is 309. The number of hydrogen-bond acceptors (Lipinski definition) is 4. The summed E-state index contributed by atoms with van der Waals surface area (Å²) in [4.78, 5) is 11.6. The highest BCUT2D eigenvalue weighted by atomic mass is 16.5. The second-order valence-electron chi connectivity index (χ2n) is 4.40. The zero-order valence-electron chi connectivity index (χ0n) is 9.77. The van der Waals surface area contributed by atoms with Crippen LogP contribution < -0.4 is 11.1 Å². The number of anilines is 1. The summed E-state index contributed by atoms with van der Waals surface area (Å²) >= 11 is 0. The van der Waals surface area contributed by atoms with Gasteiger partial charge in [0.05, 0.1) is 6.20 Å². The molecule has 0 radical (unpaired) electrons. The van der Waals surface area contributed by atoms with Gasteiger partial charge in [-0.15, -0.1) is 0 Å². The zero-order chi connectivity index (χ0) is 12.0. The first-order valence-corrected chi connectivity index (χ1v) is 5.51. The van der Waals surface area contributed by atoms with Gasteiger partial charge >= 0.3 is 0 Å². The molecule has 1 atom stereocenters. The fourth-order valence-electron chi connectivity index (χ4n) is 1.67. The highest BCUT2D eigenvalue weighted by molar-refractivity contribution is 5.90. The van der Waals surface area contributed by atoms with Gasteiger partial charge in [-0.2, -0.15) is 0 Å². The van der Waals surface area contributed by atoms with Gasteiger partial charge in [0.2, 0.25) is 5.91 Å². The van der Waals surface area contributed by atoms with Crippen LogP contribution in [0.3, 0.4) is 0 Å². The average Bonchev–Trinajstić information content (AvgIpc) is 2.68. The van der Waals surface area contributed by atoms with Gasteiger partial charge in [-0.1, -0.05) is 19.0 Å². The number of carbonyl (C=O) groups is 1. The second kappa shape index (κ2) is 6.27. The fourth-order valence-corrected chi connectivity index (χ4v) is 1.67. The molecule has 0 spiro atoms. The van der Waals surface area contributed by atoms with E-state index in [0.29, 0.717) is 24.6 Å². The molecule has 0 saturated carbocycles. The molecular formula is C11H19N3O2. The van der Waals surface area contributed by atoms with E-state index < -0.39 is 0 Å². The Morgan fingerprint density at radius 1 is 1.62 bits per heavy atom. The summed E-state index contributed by atoms with van der Waals surface area (Å²) in [5, 5.41) is 6.22. The Kier molecular flexibility index (Phi) is 4.98. The lowest BCUT2D eigenvalue weighted by Crippen LogP contribution is -2.23. The summed E-state index contributed by atoms with van der Waals surface area (Å²) < 4.78 is 4.62. The SMILES string of the molecule is CC(C)C[C@H](CN)CC(=O)Nc1cnoc1. The lowest BCUT2D eigenvalue weighted by atomic mass is 9.94. The van der Waals surface area contributed by atoms with Crippen LogP contribution in [0.4, 0.5) is 5.69 Å².